The Morgan fingerprint density at radius 1 is 1.41 bits per heavy atom. The van der Waals surface area contributed by atoms with Gasteiger partial charge in [-0.25, -0.2) is 4.98 Å². The molecule has 2 rings (SSSR count). The lowest BCUT2D eigenvalue weighted by Gasteiger charge is -2.26. The Hall–Kier alpha value is -1.92. The van der Waals surface area contributed by atoms with Gasteiger partial charge in [-0.05, 0) is 27.1 Å². The van der Waals surface area contributed by atoms with Gasteiger partial charge in [-0.3, -0.25) is 4.79 Å². The summed E-state index contributed by atoms with van der Waals surface area (Å²) in [5, 5.41) is 2.99. The van der Waals surface area contributed by atoms with Crippen LogP contribution in [0.15, 0.2) is 29.8 Å². The summed E-state index contributed by atoms with van der Waals surface area (Å²) < 4.78 is 5.43. The van der Waals surface area contributed by atoms with Crippen molar-refractivity contribution < 1.29 is 9.53 Å². The zero-order valence-corrected chi connectivity index (χ0v) is 14.1. The molecule has 0 aliphatic heterocycles. The minimum absolute atomic E-state index is 0.0355. The van der Waals surface area contributed by atoms with Gasteiger partial charge in [-0.2, -0.15) is 0 Å². The maximum atomic E-state index is 12.2. The summed E-state index contributed by atoms with van der Waals surface area (Å²) in [6.07, 6.45) is 0. The van der Waals surface area contributed by atoms with E-state index in [9.17, 15) is 4.79 Å². The van der Waals surface area contributed by atoms with E-state index < -0.39 is 0 Å². The van der Waals surface area contributed by atoms with Gasteiger partial charge in [0.15, 0.2) is 0 Å². The Balaban J connectivity index is 2.13. The molecule has 1 aromatic heterocycles. The summed E-state index contributed by atoms with van der Waals surface area (Å²) in [5.74, 6) is 0.742. The van der Waals surface area contributed by atoms with Crippen molar-refractivity contribution in [1.29, 1.82) is 0 Å². The van der Waals surface area contributed by atoms with Crippen LogP contribution in [0.1, 0.15) is 27.0 Å². The average Bonchev–Trinajstić information content (AvgIpc) is 2.93. The predicted molar refractivity (Wildman–Crippen MR) is 88.6 cm³/mol. The highest BCUT2D eigenvalue weighted by molar-refractivity contribution is 7.11. The molecule has 0 aliphatic carbocycles. The second-order valence-electron chi connectivity index (χ2n) is 5.20. The maximum absolute atomic E-state index is 12.2. The Labute approximate surface area is 134 Å². The fraction of sp³-hybridized carbons (Fsp3) is 0.375. The summed E-state index contributed by atoms with van der Waals surface area (Å²) in [5.41, 5.74) is 3.51. The number of para-hydroxylation sites is 1. The monoisotopic (exact) mass is 319 g/mol. The number of methoxy groups -OCH3 is 1. The van der Waals surface area contributed by atoms with Crippen LogP contribution in [0.3, 0.4) is 0 Å². The molecule has 1 heterocycles. The molecule has 0 radical (unpaired) electrons. The van der Waals surface area contributed by atoms with Gasteiger partial charge in [0, 0.05) is 12.1 Å². The number of benzene rings is 1. The van der Waals surface area contributed by atoms with Crippen molar-refractivity contribution >= 4 is 17.2 Å². The molecule has 0 saturated carbocycles. The quantitative estimate of drug-likeness (QED) is 0.889. The molecule has 1 amide bonds. The van der Waals surface area contributed by atoms with Crippen molar-refractivity contribution in [2.24, 2.45) is 0 Å². The van der Waals surface area contributed by atoms with Gasteiger partial charge in [-0.1, -0.05) is 18.2 Å². The van der Waals surface area contributed by atoms with E-state index in [1.807, 2.05) is 45.3 Å². The molecule has 6 heteroatoms. The number of rotatable bonds is 6. The van der Waals surface area contributed by atoms with Crippen LogP contribution in [0.25, 0.3) is 0 Å². The van der Waals surface area contributed by atoms with Crippen LogP contribution in [0, 0.1) is 6.92 Å². The molecule has 0 aliphatic rings. The molecular formula is C16H21N3O2S. The number of nitrogens with zero attached hydrogens (tertiary/aromatic N) is 2. The van der Waals surface area contributed by atoms with Gasteiger partial charge in [0.1, 0.15) is 10.6 Å². The fourth-order valence-electron chi connectivity index (χ4n) is 2.30. The number of hydrogen-bond donors (Lipinski definition) is 1. The van der Waals surface area contributed by atoms with Gasteiger partial charge in [0.2, 0.25) is 0 Å². The van der Waals surface area contributed by atoms with Gasteiger partial charge in [0.05, 0.1) is 24.4 Å². The Bertz CT molecular complexity index is 640. The van der Waals surface area contributed by atoms with E-state index in [4.69, 9.17) is 4.74 Å². The number of hydrogen-bond acceptors (Lipinski definition) is 5. The number of carbonyl (C=O) groups is 1. The van der Waals surface area contributed by atoms with E-state index in [1.165, 1.54) is 11.3 Å². The lowest BCUT2D eigenvalue weighted by Crippen LogP contribution is -2.34. The Morgan fingerprint density at radius 2 is 2.14 bits per heavy atom. The number of likely N-dealkylation sites (N-methyl/N-ethyl adjacent to an activating group) is 1. The third-order valence-corrected chi connectivity index (χ3v) is 4.46. The molecule has 0 unspecified atom stereocenters. The van der Waals surface area contributed by atoms with Crippen LogP contribution in [0.5, 0.6) is 5.75 Å². The number of carbonyl (C=O) groups excluding carboxylic acids is 1. The summed E-state index contributed by atoms with van der Waals surface area (Å²) in [6, 6.07) is 7.90. The van der Waals surface area contributed by atoms with Crippen LogP contribution in [0.4, 0.5) is 0 Å². The first kappa shape index (κ1) is 16.5. The van der Waals surface area contributed by atoms with E-state index in [0.29, 0.717) is 11.4 Å². The highest BCUT2D eigenvalue weighted by Gasteiger charge is 2.20. The highest BCUT2D eigenvalue weighted by Crippen LogP contribution is 2.27. The largest absolute Gasteiger partial charge is 0.496 e. The summed E-state index contributed by atoms with van der Waals surface area (Å²) in [6.45, 7) is 2.35. The maximum Gasteiger partial charge on any atom is 0.263 e. The first-order chi connectivity index (χ1) is 10.5. The Morgan fingerprint density at radius 3 is 2.73 bits per heavy atom. The fourth-order valence-corrected chi connectivity index (χ4v) is 3.02. The third-order valence-electron chi connectivity index (χ3n) is 3.53. The highest BCUT2D eigenvalue weighted by atomic mass is 32.1. The molecule has 118 valence electrons. The second-order valence-corrected chi connectivity index (χ2v) is 6.05. The van der Waals surface area contributed by atoms with Crippen molar-refractivity contribution in [3.05, 3.63) is 45.9 Å². The molecule has 1 N–H and O–H groups in total. The molecule has 0 bridgehead atoms. The number of ether oxygens (including phenoxy) is 1. The van der Waals surface area contributed by atoms with E-state index in [1.54, 1.807) is 12.6 Å². The number of aryl methyl sites for hydroxylation is 1. The number of thiazole rings is 1. The molecule has 1 aromatic carbocycles. The first-order valence-electron chi connectivity index (χ1n) is 7.02. The smallest absolute Gasteiger partial charge is 0.263 e. The molecule has 0 fully saturated rings. The minimum Gasteiger partial charge on any atom is -0.496 e. The van der Waals surface area contributed by atoms with Crippen molar-refractivity contribution in [2.45, 2.75) is 13.0 Å². The number of nitrogens with one attached hydrogen (secondary N) is 1. The molecular weight excluding hydrogens is 298 g/mol. The summed E-state index contributed by atoms with van der Waals surface area (Å²) in [7, 11) is 5.63. The SMILES string of the molecule is COc1ccccc1[C@@H](CNC(=O)c1scnc1C)N(C)C. The van der Waals surface area contributed by atoms with Crippen LogP contribution in [0.2, 0.25) is 0 Å². The van der Waals surface area contributed by atoms with Crippen molar-refractivity contribution in [3.63, 3.8) is 0 Å². The minimum atomic E-state index is -0.0817. The number of amides is 1. The number of aromatic nitrogens is 1. The van der Waals surface area contributed by atoms with E-state index >= 15 is 0 Å². The molecule has 0 saturated heterocycles. The van der Waals surface area contributed by atoms with Crippen LogP contribution >= 0.6 is 11.3 Å². The van der Waals surface area contributed by atoms with Gasteiger partial charge in [0.25, 0.3) is 5.91 Å². The topological polar surface area (TPSA) is 54.5 Å². The normalized spacial score (nSPS) is 12.2. The molecule has 5 nitrogen and oxygen atoms in total. The summed E-state index contributed by atoms with van der Waals surface area (Å²) >= 11 is 1.36. The third kappa shape index (κ3) is 3.64. The molecule has 1 atom stereocenters. The zero-order valence-electron chi connectivity index (χ0n) is 13.3. The predicted octanol–water partition coefficient (Wildman–Crippen LogP) is 2.49. The zero-order chi connectivity index (χ0) is 16.1. The first-order valence-corrected chi connectivity index (χ1v) is 7.90. The second kappa shape index (κ2) is 7.38. The van der Waals surface area contributed by atoms with Crippen LogP contribution < -0.4 is 10.1 Å². The molecule has 2 aromatic rings. The van der Waals surface area contributed by atoms with Crippen molar-refractivity contribution in [3.8, 4) is 5.75 Å². The van der Waals surface area contributed by atoms with E-state index in [0.717, 1.165) is 17.0 Å². The van der Waals surface area contributed by atoms with Crippen LogP contribution in [-0.4, -0.2) is 43.5 Å². The average molecular weight is 319 g/mol. The summed E-state index contributed by atoms with van der Waals surface area (Å²) in [4.78, 5) is 19.1. The van der Waals surface area contributed by atoms with Gasteiger partial charge < -0.3 is 15.0 Å². The van der Waals surface area contributed by atoms with Crippen molar-refractivity contribution in [1.82, 2.24) is 15.2 Å². The van der Waals surface area contributed by atoms with E-state index in [-0.39, 0.29) is 11.9 Å². The van der Waals surface area contributed by atoms with Gasteiger partial charge >= 0.3 is 0 Å². The van der Waals surface area contributed by atoms with Crippen LogP contribution in [-0.2, 0) is 0 Å². The molecule has 0 spiro atoms. The van der Waals surface area contributed by atoms with E-state index in [2.05, 4.69) is 15.2 Å². The molecule has 22 heavy (non-hydrogen) atoms. The van der Waals surface area contributed by atoms with Crippen molar-refractivity contribution in [2.75, 3.05) is 27.7 Å². The van der Waals surface area contributed by atoms with Gasteiger partial charge in [-0.15, -0.1) is 11.3 Å². The lowest BCUT2D eigenvalue weighted by atomic mass is 10.0. The Kier molecular flexibility index (Phi) is 5.51. The lowest BCUT2D eigenvalue weighted by molar-refractivity contribution is 0.0944. The standard InChI is InChI=1S/C16H21N3O2S/c1-11-15(22-10-18-11)16(20)17-9-13(19(2)3)12-7-5-6-8-14(12)21-4/h5-8,10,13H,9H2,1-4H3,(H,17,20)/t13-/m1/s1.